The smallest absolute Gasteiger partial charge is 0.199 e. The number of aryl methyl sites for hydroxylation is 4. The lowest BCUT2D eigenvalue weighted by molar-refractivity contribution is 0.597. The molecular formula is C18H21NO2S. The molecule has 0 saturated heterocycles. The molecule has 0 N–H and O–H groups in total. The van der Waals surface area contributed by atoms with Crippen LogP contribution in [0.5, 0.6) is 0 Å². The van der Waals surface area contributed by atoms with Crippen LogP contribution in [0.4, 0.5) is 0 Å². The van der Waals surface area contributed by atoms with Crippen molar-refractivity contribution in [3.8, 4) is 0 Å². The van der Waals surface area contributed by atoms with Gasteiger partial charge in [-0.2, -0.15) is 12.8 Å². The van der Waals surface area contributed by atoms with Gasteiger partial charge < -0.3 is 0 Å². The zero-order valence-corrected chi connectivity index (χ0v) is 14.0. The summed E-state index contributed by atoms with van der Waals surface area (Å²) in [5, 5.41) is 0. The molecule has 0 aliphatic carbocycles. The van der Waals surface area contributed by atoms with Crippen LogP contribution in [0.2, 0.25) is 0 Å². The molecule has 0 fully saturated rings. The minimum atomic E-state index is -3.62. The van der Waals surface area contributed by atoms with Crippen LogP contribution in [0.1, 0.15) is 28.7 Å². The Morgan fingerprint density at radius 3 is 2.18 bits per heavy atom. The van der Waals surface area contributed by atoms with Gasteiger partial charge in [-0.05, 0) is 50.3 Å². The molecule has 0 aliphatic heterocycles. The lowest BCUT2D eigenvalue weighted by Crippen LogP contribution is -2.04. The van der Waals surface area contributed by atoms with Crippen molar-refractivity contribution in [1.29, 1.82) is 0 Å². The summed E-state index contributed by atoms with van der Waals surface area (Å²) in [5.74, 6) is 0. The minimum absolute atomic E-state index is 0.328. The van der Waals surface area contributed by atoms with Gasteiger partial charge in [-0.15, -0.1) is 0 Å². The van der Waals surface area contributed by atoms with Crippen molar-refractivity contribution in [2.24, 2.45) is 4.40 Å². The van der Waals surface area contributed by atoms with E-state index in [4.69, 9.17) is 0 Å². The average molecular weight is 315 g/mol. The third-order valence-corrected chi connectivity index (χ3v) is 5.07. The van der Waals surface area contributed by atoms with Crippen molar-refractivity contribution in [3.05, 3.63) is 64.7 Å². The average Bonchev–Trinajstić information content (AvgIpc) is 2.43. The third kappa shape index (κ3) is 4.04. The summed E-state index contributed by atoms with van der Waals surface area (Å²) in [6.07, 6.45) is 2.89. The normalized spacial score (nSPS) is 12.0. The maximum atomic E-state index is 12.4. The topological polar surface area (TPSA) is 46.5 Å². The predicted molar refractivity (Wildman–Crippen MR) is 91.1 cm³/mol. The molecule has 0 heterocycles. The van der Waals surface area contributed by atoms with Gasteiger partial charge in [-0.3, -0.25) is 0 Å². The first-order chi connectivity index (χ1) is 10.4. The van der Waals surface area contributed by atoms with E-state index in [0.717, 1.165) is 23.1 Å². The Balaban J connectivity index is 2.13. The number of hydrogen-bond acceptors (Lipinski definition) is 2. The summed E-state index contributed by atoms with van der Waals surface area (Å²) in [7, 11) is -3.62. The Bertz CT molecular complexity index is 755. The van der Waals surface area contributed by atoms with Crippen LogP contribution in [-0.2, 0) is 16.4 Å². The molecule has 0 spiro atoms. The van der Waals surface area contributed by atoms with Crippen LogP contribution < -0.4 is 0 Å². The van der Waals surface area contributed by atoms with Gasteiger partial charge in [0.15, 0.2) is 0 Å². The molecule has 0 unspecified atom stereocenters. The molecule has 116 valence electrons. The summed E-state index contributed by atoms with van der Waals surface area (Å²) in [4.78, 5) is 0.328. The molecule has 0 saturated carbocycles. The summed E-state index contributed by atoms with van der Waals surface area (Å²) in [6.45, 7) is 5.58. The van der Waals surface area contributed by atoms with Crippen molar-refractivity contribution in [1.82, 2.24) is 0 Å². The SMILES string of the molecule is Cc1cc(C)c(S(=O)(=O)/N=C/CCc2ccccc2)c(C)c1. The van der Waals surface area contributed by atoms with E-state index in [-0.39, 0.29) is 0 Å². The van der Waals surface area contributed by atoms with E-state index in [1.807, 2.05) is 63.2 Å². The number of sulfonamides is 1. The molecule has 0 bridgehead atoms. The van der Waals surface area contributed by atoms with Crippen LogP contribution in [0.3, 0.4) is 0 Å². The summed E-state index contributed by atoms with van der Waals surface area (Å²) in [6, 6.07) is 13.7. The summed E-state index contributed by atoms with van der Waals surface area (Å²) < 4.78 is 28.6. The van der Waals surface area contributed by atoms with Crippen LogP contribution in [0.25, 0.3) is 0 Å². The van der Waals surface area contributed by atoms with E-state index in [1.165, 1.54) is 11.8 Å². The molecule has 0 radical (unpaired) electrons. The Labute approximate surface area is 132 Å². The molecule has 0 atom stereocenters. The molecular weight excluding hydrogens is 294 g/mol. The molecule has 3 nitrogen and oxygen atoms in total. The highest BCUT2D eigenvalue weighted by Crippen LogP contribution is 2.23. The summed E-state index contributed by atoms with van der Waals surface area (Å²) >= 11 is 0. The van der Waals surface area contributed by atoms with Gasteiger partial charge in [0.25, 0.3) is 10.0 Å². The fraction of sp³-hybridized carbons (Fsp3) is 0.278. The number of nitrogens with zero attached hydrogens (tertiary/aromatic N) is 1. The quantitative estimate of drug-likeness (QED) is 0.783. The Hall–Kier alpha value is -1.94. The van der Waals surface area contributed by atoms with E-state index in [1.54, 1.807) is 0 Å². The second-order valence-corrected chi connectivity index (χ2v) is 7.08. The van der Waals surface area contributed by atoms with Crippen LogP contribution in [0, 0.1) is 20.8 Å². The minimum Gasteiger partial charge on any atom is -0.199 e. The third-order valence-electron chi connectivity index (χ3n) is 3.48. The summed E-state index contributed by atoms with van der Waals surface area (Å²) in [5.41, 5.74) is 3.73. The lowest BCUT2D eigenvalue weighted by atomic mass is 10.1. The zero-order valence-electron chi connectivity index (χ0n) is 13.2. The molecule has 0 amide bonds. The maximum Gasteiger partial charge on any atom is 0.282 e. The lowest BCUT2D eigenvalue weighted by Gasteiger charge is -2.08. The van der Waals surface area contributed by atoms with Crippen LogP contribution >= 0.6 is 0 Å². The molecule has 2 rings (SSSR count). The van der Waals surface area contributed by atoms with Gasteiger partial charge in [0.2, 0.25) is 0 Å². The van der Waals surface area contributed by atoms with E-state index < -0.39 is 10.0 Å². The largest absolute Gasteiger partial charge is 0.282 e. The van der Waals surface area contributed by atoms with Crippen LogP contribution in [0.15, 0.2) is 51.8 Å². The van der Waals surface area contributed by atoms with E-state index in [2.05, 4.69) is 4.40 Å². The molecule has 0 aliphatic rings. The van der Waals surface area contributed by atoms with Gasteiger partial charge in [-0.1, -0.05) is 48.0 Å². The molecule has 2 aromatic rings. The van der Waals surface area contributed by atoms with E-state index >= 15 is 0 Å². The zero-order chi connectivity index (χ0) is 16.2. The standard InChI is InChI=1S/C18H21NO2S/c1-14-12-15(2)18(16(3)13-14)22(20,21)19-11-7-10-17-8-5-4-6-9-17/h4-6,8-9,11-13H,7,10H2,1-3H3/b19-11+. The van der Waals surface area contributed by atoms with Gasteiger partial charge in [0.05, 0.1) is 4.90 Å². The molecule has 4 heteroatoms. The molecule has 2 aromatic carbocycles. The van der Waals surface area contributed by atoms with Crippen LogP contribution in [-0.4, -0.2) is 14.6 Å². The number of rotatable bonds is 5. The van der Waals surface area contributed by atoms with E-state index in [9.17, 15) is 8.42 Å². The van der Waals surface area contributed by atoms with Crippen molar-refractivity contribution in [2.45, 2.75) is 38.5 Å². The highest BCUT2D eigenvalue weighted by atomic mass is 32.2. The van der Waals surface area contributed by atoms with Crippen molar-refractivity contribution < 1.29 is 8.42 Å². The first-order valence-corrected chi connectivity index (χ1v) is 8.75. The first-order valence-electron chi connectivity index (χ1n) is 7.31. The Morgan fingerprint density at radius 1 is 1.00 bits per heavy atom. The monoisotopic (exact) mass is 315 g/mol. The number of benzene rings is 2. The predicted octanol–water partition coefficient (Wildman–Crippen LogP) is 4.00. The second-order valence-electron chi connectivity index (χ2n) is 5.52. The van der Waals surface area contributed by atoms with Gasteiger partial charge >= 0.3 is 0 Å². The van der Waals surface area contributed by atoms with Gasteiger partial charge in [0.1, 0.15) is 0 Å². The second kappa shape index (κ2) is 6.88. The van der Waals surface area contributed by atoms with Gasteiger partial charge in [-0.25, -0.2) is 0 Å². The maximum absolute atomic E-state index is 12.4. The number of hydrogen-bond donors (Lipinski definition) is 0. The fourth-order valence-corrected chi connectivity index (χ4v) is 3.99. The Morgan fingerprint density at radius 2 is 1.59 bits per heavy atom. The van der Waals surface area contributed by atoms with Gasteiger partial charge in [0, 0.05) is 6.21 Å². The molecule has 0 aromatic heterocycles. The molecule has 22 heavy (non-hydrogen) atoms. The van der Waals surface area contributed by atoms with Crippen molar-refractivity contribution >= 4 is 16.2 Å². The fourth-order valence-electron chi connectivity index (χ4n) is 2.65. The van der Waals surface area contributed by atoms with Crippen molar-refractivity contribution in [2.75, 3.05) is 0 Å². The van der Waals surface area contributed by atoms with Crippen molar-refractivity contribution in [3.63, 3.8) is 0 Å². The van der Waals surface area contributed by atoms with E-state index in [0.29, 0.717) is 11.3 Å². The Kier molecular flexibility index (Phi) is 5.14. The first kappa shape index (κ1) is 16.4. The highest BCUT2D eigenvalue weighted by molar-refractivity contribution is 7.90. The highest BCUT2D eigenvalue weighted by Gasteiger charge is 2.18.